The predicted molar refractivity (Wildman–Crippen MR) is 52.2 cm³/mol. The van der Waals surface area contributed by atoms with Crippen LogP contribution in [0.4, 0.5) is 0 Å². The van der Waals surface area contributed by atoms with Crippen molar-refractivity contribution in [3.63, 3.8) is 0 Å². The SMILES string of the molecule is C#CC(CC)(OP(=O)(O)O)C1C=CC1. The molecule has 0 aromatic carbocycles. The molecule has 14 heavy (non-hydrogen) atoms. The summed E-state index contributed by atoms with van der Waals surface area (Å²) in [6, 6.07) is 0. The van der Waals surface area contributed by atoms with E-state index in [0.717, 1.165) is 0 Å². The highest BCUT2D eigenvalue weighted by Crippen LogP contribution is 2.47. The van der Waals surface area contributed by atoms with E-state index in [1.165, 1.54) is 0 Å². The fourth-order valence-electron chi connectivity index (χ4n) is 1.46. The molecule has 0 bridgehead atoms. The third-order valence-electron chi connectivity index (χ3n) is 2.41. The lowest BCUT2D eigenvalue weighted by molar-refractivity contribution is 0.0404. The van der Waals surface area contributed by atoms with Gasteiger partial charge in [-0.1, -0.05) is 25.0 Å². The topological polar surface area (TPSA) is 66.8 Å². The first-order valence-corrected chi connectivity index (χ1v) is 5.87. The van der Waals surface area contributed by atoms with Crippen molar-refractivity contribution >= 4 is 7.82 Å². The summed E-state index contributed by atoms with van der Waals surface area (Å²) in [6.07, 6.45) is 10.1. The van der Waals surface area contributed by atoms with Gasteiger partial charge in [-0.15, -0.1) is 6.42 Å². The Balaban J connectivity index is 2.87. The molecule has 0 aromatic heterocycles. The van der Waals surface area contributed by atoms with Gasteiger partial charge < -0.3 is 9.79 Å². The molecule has 2 unspecified atom stereocenters. The van der Waals surface area contributed by atoms with Crippen molar-refractivity contribution < 1.29 is 18.9 Å². The van der Waals surface area contributed by atoms with Gasteiger partial charge in [-0.25, -0.2) is 4.57 Å². The lowest BCUT2D eigenvalue weighted by Gasteiger charge is -2.36. The van der Waals surface area contributed by atoms with Crippen LogP contribution in [0, 0.1) is 18.3 Å². The quantitative estimate of drug-likeness (QED) is 0.424. The summed E-state index contributed by atoms with van der Waals surface area (Å²) < 4.78 is 15.5. The second-order valence-corrected chi connectivity index (χ2v) is 4.40. The molecule has 2 N–H and O–H groups in total. The van der Waals surface area contributed by atoms with E-state index in [1.54, 1.807) is 6.92 Å². The zero-order chi connectivity index (χ0) is 10.8. The normalized spacial score (nSPS) is 24.9. The molecule has 0 aromatic rings. The average Bonchev–Trinajstić information content (AvgIpc) is 1.97. The highest BCUT2D eigenvalue weighted by Gasteiger charge is 2.42. The van der Waals surface area contributed by atoms with E-state index in [9.17, 15) is 4.57 Å². The molecule has 1 aliphatic rings. The van der Waals surface area contributed by atoms with Crippen molar-refractivity contribution in [2.45, 2.75) is 25.4 Å². The largest absolute Gasteiger partial charge is 0.471 e. The van der Waals surface area contributed by atoms with Crippen LogP contribution >= 0.6 is 7.82 Å². The zero-order valence-corrected chi connectivity index (χ0v) is 8.78. The minimum absolute atomic E-state index is 0.0925. The number of rotatable bonds is 4. The van der Waals surface area contributed by atoms with Gasteiger partial charge >= 0.3 is 7.82 Å². The standard InChI is InChI=1S/C9H13O4P/c1-3-9(4-2,8-6-5-7-8)13-14(10,11)12/h1,5-6,8H,4,7H2,2H3,(H2,10,11,12). The van der Waals surface area contributed by atoms with Gasteiger partial charge in [-0.3, -0.25) is 4.52 Å². The Morgan fingerprint density at radius 2 is 2.36 bits per heavy atom. The molecule has 0 saturated heterocycles. The monoisotopic (exact) mass is 216 g/mol. The third kappa shape index (κ3) is 2.26. The van der Waals surface area contributed by atoms with Crippen molar-refractivity contribution in [1.82, 2.24) is 0 Å². The van der Waals surface area contributed by atoms with Crippen LogP contribution in [0.3, 0.4) is 0 Å². The number of phosphoric acid groups is 1. The van der Waals surface area contributed by atoms with Gasteiger partial charge in [-0.2, -0.15) is 0 Å². The molecule has 0 aliphatic heterocycles. The first-order valence-electron chi connectivity index (χ1n) is 4.34. The maximum Gasteiger partial charge on any atom is 0.471 e. The molecule has 4 nitrogen and oxygen atoms in total. The van der Waals surface area contributed by atoms with E-state index < -0.39 is 13.4 Å². The minimum Gasteiger partial charge on any atom is -0.303 e. The predicted octanol–water partition coefficient (Wildman–Crippen LogP) is 1.45. The smallest absolute Gasteiger partial charge is 0.303 e. The van der Waals surface area contributed by atoms with E-state index >= 15 is 0 Å². The number of phosphoric ester groups is 1. The Kier molecular flexibility index (Phi) is 3.18. The summed E-state index contributed by atoms with van der Waals surface area (Å²) in [5.74, 6) is 2.27. The molecule has 0 fully saturated rings. The zero-order valence-electron chi connectivity index (χ0n) is 7.88. The van der Waals surface area contributed by atoms with Crippen molar-refractivity contribution in [3.8, 4) is 12.3 Å². The fraction of sp³-hybridized carbons (Fsp3) is 0.556. The fourth-order valence-corrected chi connectivity index (χ4v) is 2.20. The van der Waals surface area contributed by atoms with Crippen LogP contribution in [0.15, 0.2) is 12.2 Å². The first-order chi connectivity index (χ1) is 6.43. The van der Waals surface area contributed by atoms with Crippen LogP contribution in [0.2, 0.25) is 0 Å². The molecule has 1 rings (SSSR count). The number of hydrogen-bond acceptors (Lipinski definition) is 2. The molecule has 0 amide bonds. The van der Waals surface area contributed by atoms with E-state index in [1.807, 2.05) is 12.2 Å². The summed E-state index contributed by atoms with van der Waals surface area (Å²) in [5, 5.41) is 0. The highest BCUT2D eigenvalue weighted by atomic mass is 31.2. The molecular weight excluding hydrogens is 203 g/mol. The van der Waals surface area contributed by atoms with Gasteiger partial charge in [0.15, 0.2) is 0 Å². The molecule has 0 heterocycles. The molecular formula is C9H13O4P. The van der Waals surface area contributed by atoms with Gasteiger partial charge in [0, 0.05) is 5.92 Å². The molecule has 0 spiro atoms. The van der Waals surface area contributed by atoms with E-state index in [2.05, 4.69) is 5.92 Å². The Hall–Kier alpha value is -0.590. The van der Waals surface area contributed by atoms with Gasteiger partial charge in [0.2, 0.25) is 0 Å². The van der Waals surface area contributed by atoms with E-state index in [0.29, 0.717) is 12.8 Å². The molecule has 1 aliphatic carbocycles. The average molecular weight is 216 g/mol. The van der Waals surface area contributed by atoms with Crippen molar-refractivity contribution in [1.29, 1.82) is 0 Å². The van der Waals surface area contributed by atoms with Crippen LogP contribution in [0.1, 0.15) is 19.8 Å². The van der Waals surface area contributed by atoms with Crippen LogP contribution < -0.4 is 0 Å². The summed E-state index contributed by atoms with van der Waals surface area (Å²) in [4.78, 5) is 17.5. The van der Waals surface area contributed by atoms with E-state index in [-0.39, 0.29) is 5.92 Å². The Morgan fingerprint density at radius 3 is 2.57 bits per heavy atom. The van der Waals surface area contributed by atoms with E-state index in [4.69, 9.17) is 20.7 Å². The Morgan fingerprint density at radius 1 is 1.79 bits per heavy atom. The third-order valence-corrected chi connectivity index (χ3v) is 2.97. The maximum atomic E-state index is 10.8. The van der Waals surface area contributed by atoms with Crippen LogP contribution in [0.25, 0.3) is 0 Å². The molecule has 0 saturated carbocycles. The minimum atomic E-state index is -4.53. The molecule has 78 valence electrons. The van der Waals surface area contributed by atoms with Crippen LogP contribution in [-0.4, -0.2) is 15.4 Å². The highest BCUT2D eigenvalue weighted by molar-refractivity contribution is 7.46. The second-order valence-electron chi connectivity index (χ2n) is 3.24. The summed E-state index contributed by atoms with van der Waals surface area (Å²) in [6.45, 7) is 1.75. The lowest BCUT2D eigenvalue weighted by Crippen LogP contribution is -2.39. The summed E-state index contributed by atoms with van der Waals surface area (Å²) >= 11 is 0. The van der Waals surface area contributed by atoms with Crippen LogP contribution in [-0.2, 0) is 9.09 Å². The summed E-state index contributed by atoms with van der Waals surface area (Å²) in [7, 11) is -4.53. The van der Waals surface area contributed by atoms with Gasteiger partial charge in [0.1, 0.15) is 5.60 Å². The number of terminal acetylenes is 1. The van der Waals surface area contributed by atoms with Crippen molar-refractivity contribution in [2.24, 2.45) is 5.92 Å². The van der Waals surface area contributed by atoms with Crippen LogP contribution in [0.5, 0.6) is 0 Å². The van der Waals surface area contributed by atoms with Gasteiger partial charge in [-0.05, 0) is 12.8 Å². The molecule has 5 heteroatoms. The first kappa shape index (κ1) is 11.5. The molecule has 0 radical (unpaired) electrons. The van der Waals surface area contributed by atoms with Crippen molar-refractivity contribution in [3.05, 3.63) is 12.2 Å². The number of hydrogen-bond donors (Lipinski definition) is 2. The Bertz CT molecular complexity index is 324. The lowest BCUT2D eigenvalue weighted by atomic mass is 9.78. The number of allylic oxidation sites excluding steroid dienone is 1. The summed E-state index contributed by atoms with van der Waals surface area (Å²) in [5.41, 5.74) is -1.16. The molecule has 2 atom stereocenters. The van der Waals surface area contributed by atoms with Gasteiger partial charge in [0.25, 0.3) is 0 Å². The maximum absolute atomic E-state index is 10.8. The second kappa shape index (κ2) is 3.88. The Labute approximate surface area is 83.2 Å². The van der Waals surface area contributed by atoms with Crippen molar-refractivity contribution in [2.75, 3.05) is 0 Å². The van der Waals surface area contributed by atoms with Gasteiger partial charge in [0.05, 0.1) is 0 Å².